The summed E-state index contributed by atoms with van der Waals surface area (Å²) in [5, 5.41) is 2.71. The van der Waals surface area contributed by atoms with Crippen molar-refractivity contribution >= 4 is 39.7 Å². The van der Waals surface area contributed by atoms with Crippen molar-refractivity contribution in [2.75, 3.05) is 5.73 Å². The van der Waals surface area contributed by atoms with Gasteiger partial charge in [0.1, 0.15) is 11.5 Å². The number of aromatic nitrogens is 1. The molecule has 2 aromatic carbocycles. The Morgan fingerprint density at radius 3 is 2.57 bits per heavy atom. The number of nitrogen functional groups attached to an aromatic ring is 1. The van der Waals surface area contributed by atoms with Crippen LogP contribution in [0.25, 0.3) is 10.8 Å². The number of anilines is 1. The molecule has 0 atom stereocenters. The van der Waals surface area contributed by atoms with E-state index < -0.39 is 0 Å². The van der Waals surface area contributed by atoms with Crippen LogP contribution >= 0.6 is 23.2 Å². The van der Waals surface area contributed by atoms with Crippen LogP contribution in [-0.4, -0.2) is 4.98 Å². The molecular weight excluding hydrogens is 307 g/mol. The molecule has 0 saturated carbocycles. The maximum Gasteiger partial charge on any atom is 0.135 e. The van der Waals surface area contributed by atoms with E-state index in [1.807, 2.05) is 19.1 Å². The van der Waals surface area contributed by atoms with Crippen LogP contribution in [-0.2, 0) is 0 Å². The first-order valence-corrected chi connectivity index (χ1v) is 7.08. The molecule has 0 aliphatic rings. The van der Waals surface area contributed by atoms with Gasteiger partial charge in [-0.3, -0.25) is 4.98 Å². The first-order chi connectivity index (χ1) is 10.0. The minimum absolute atomic E-state index is 0.451. The average molecular weight is 319 g/mol. The highest BCUT2D eigenvalue weighted by Crippen LogP contribution is 2.35. The van der Waals surface area contributed by atoms with Gasteiger partial charge in [-0.25, -0.2) is 0 Å². The highest BCUT2D eigenvalue weighted by Gasteiger charge is 2.08. The van der Waals surface area contributed by atoms with E-state index in [2.05, 4.69) is 4.98 Å². The van der Waals surface area contributed by atoms with Crippen LogP contribution in [0.5, 0.6) is 11.5 Å². The normalized spacial score (nSPS) is 10.8. The lowest BCUT2D eigenvalue weighted by molar-refractivity contribution is 0.488. The molecule has 0 aliphatic heterocycles. The van der Waals surface area contributed by atoms with E-state index >= 15 is 0 Å². The topological polar surface area (TPSA) is 48.1 Å². The van der Waals surface area contributed by atoms with Gasteiger partial charge in [-0.1, -0.05) is 23.2 Å². The molecule has 0 unspecified atom stereocenters. The molecule has 3 rings (SSSR count). The molecule has 1 heterocycles. The Bertz CT molecular complexity index is 834. The molecule has 0 amide bonds. The lowest BCUT2D eigenvalue weighted by Crippen LogP contribution is -1.93. The smallest absolute Gasteiger partial charge is 0.135 e. The molecule has 0 bridgehead atoms. The van der Waals surface area contributed by atoms with Crippen LogP contribution in [0.3, 0.4) is 0 Å². The van der Waals surface area contributed by atoms with Crippen LogP contribution in [0, 0.1) is 6.92 Å². The third-order valence-electron chi connectivity index (χ3n) is 3.15. The minimum atomic E-state index is 0.451. The summed E-state index contributed by atoms with van der Waals surface area (Å²) >= 11 is 11.9. The molecule has 1 aromatic heterocycles. The number of nitrogens with zero attached hydrogens (tertiary/aromatic N) is 1. The third kappa shape index (κ3) is 2.75. The lowest BCUT2D eigenvalue weighted by Gasteiger charge is -2.11. The Hall–Kier alpha value is -1.97. The molecule has 0 radical (unpaired) electrons. The van der Waals surface area contributed by atoms with Gasteiger partial charge in [0.25, 0.3) is 0 Å². The van der Waals surface area contributed by atoms with Crippen molar-refractivity contribution in [3.05, 3.63) is 58.3 Å². The van der Waals surface area contributed by atoms with Crippen LogP contribution < -0.4 is 10.5 Å². The number of hydrogen-bond acceptors (Lipinski definition) is 3. The van der Waals surface area contributed by atoms with Crippen molar-refractivity contribution in [2.45, 2.75) is 6.92 Å². The number of ether oxygens (including phenoxy) is 1. The van der Waals surface area contributed by atoms with Gasteiger partial charge in [0.15, 0.2) is 0 Å². The highest BCUT2D eigenvalue weighted by molar-refractivity contribution is 6.42. The van der Waals surface area contributed by atoms with E-state index in [4.69, 9.17) is 33.7 Å². The zero-order valence-electron chi connectivity index (χ0n) is 11.2. The van der Waals surface area contributed by atoms with Crippen LogP contribution in [0.2, 0.25) is 10.0 Å². The number of benzene rings is 2. The second kappa shape index (κ2) is 5.43. The largest absolute Gasteiger partial charge is 0.457 e. The monoisotopic (exact) mass is 318 g/mol. The standard InChI is InChI=1S/C16H12Cl2N2O/c1-9-6-11-12(8-20-9)15(19)4-5-16(11)21-10-2-3-13(17)14(18)7-10/h2-8H,19H2,1H3. The van der Waals surface area contributed by atoms with E-state index in [1.54, 1.807) is 30.5 Å². The van der Waals surface area contributed by atoms with Crippen molar-refractivity contribution in [3.8, 4) is 11.5 Å². The number of fused-ring (bicyclic) bond motifs is 1. The SMILES string of the molecule is Cc1cc2c(Oc3ccc(Cl)c(Cl)c3)ccc(N)c2cn1. The summed E-state index contributed by atoms with van der Waals surface area (Å²) in [6.45, 7) is 1.92. The average Bonchev–Trinajstić information content (AvgIpc) is 2.46. The van der Waals surface area contributed by atoms with Crippen LogP contribution in [0.15, 0.2) is 42.6 Å². The Labute approximate surface area is 132 Å². The second-order valence-corrected chi connectivity index (χ2v) is 5.52. The fourth-order valence-electron chi connectivity index (χ4n) is 2.10. The molecule has 0 aliphatic carbocycles. The Morgan fingerprint density at radius 2 is 1.81 bits per heavy atom. The van der Waals surface area contributed by atoms with E-state index in [9.17, 15) is 0 Å². The number of halogens is 2. The summed E-state index contributed by atoms with van der Waals surface area (Å²) in [4.78, 5) is 4.27. The molecule has 3 aromatic rings. The number of nitrogens with two attached hydrogens (primary N) is 1. The highest BCUT2D eigenvalue weighted by atomic mass is 35.5. The molecule has 0 spiro atoms. The van der Waals surface area contributed by atoms with Crippen molar-refractivity contribution in [1.82, 2.24) is 4.98 Å². The fraction of sp³-hybridized carbons (Fsp3) is 0.0625. The molecule has 0 saturated heterocycles. The van der Waals surface area contributed by atoms with Gasteiger partial charge in [-0.15, -0.1) is 0 Å². The Morgan fingerprint density at radius 1 is 1.00 bits per heavy atom. The van der Waals surface area contributed by atoms with Crippen LogP contribution in [0.1, 0.15) is 5.69 Å². The van der Waals surface area contributed by atoms with E-state index in [0.717, 1.165) is 16.5 Å². The quantitative estimate of drug-likeness (QED) is 0.658. The van der Waals surface area contributed by atoms with Gasteiger partial charge in [-0.2, -0.15) is 0 Å². The van der Waals surface area contributed by atoms with Gasteiger partial charge in [0.2, 0.25) is 0 Å². The zero-order chi connectivity index (χ0) is 15.0. The summed E-state index contributed by atoms with van der Waals surface area (Å²) in [6.07, 6.45) is 1.75. The molecular formula is C16H12Cl2N2O. The summed E-state index contributed by atoms with van der Waals surface area (Å²) in [5.74, 6) is 1.31. The van der Waals surface area contributed by atoms with Gasteiger partial charge in [-0.05, 0) is 37.3 Å². The van der Waals surface area contributed by atoms with Crippen LogP contribution in [0.4, 0.5) is 5.69 Å². The van der Waals surface area contributed by atoms with Crippen molar-refractivity contribution in [2.24, 2.45) is 0 Å². The summed E-state index contributed by atoms with van der Waals surface area (Å²) in [6, 6.07) is 10.7. The molecule has 0 fully saturated rings. The third-order valence-corrected chi connectivity index (χ3v) is 3.89. The van der Waals surface area contributed by atoms with Crippen molar-refractivity contribution in [3.63, 3.8) is 0 Å². The van der Waals surface area contributed by atoms with E-state index in [-0.39, 0.29) is 0 Å². The fourth-order valence-corrected chi connectivity index (χ4v) is 2.38. The molecule has 3 nitrogen and oxygen atoms in total. The van der Waals surface area contributed by atoms with Crippen molar-refractivity contribution in [1.29, 1.82) is 0 Å². The number of aryl methyl sites for hydroxylation is 1. The minimum Gasteiger partial charge on any atom is -0.457 e. The second-order valence-electron chi connectivity index (χ2n) is 4.70. The van der Waals surface area contributed by atoms with E-state index in [0.29, 0.717) is 27.2 Å². The number of hydrogen-bond donors (Lipinski definition) is 1. The Kier molecular flexibility index (Phi) is 3.62. The van der Waals surface area contributed by atoms with Gasteiger partial charge in [0.05, 0.1) is 10.0 Å². The first kappa shape index (κ1) is 14.0. The maximum atomic E-state index is 6.01. The van der Waals surface area contributed by atoms with Gasteiger partial charge in [0, 0.05) is 34.4 Å². The van der Waals surface area contributed by atoms with E-state index in [1.165, 1.54) is 0 Å². The predicted molar refractivity (Wildman–Crippen MR) is 87.4 cm³/mol. The first-order valence-electron chi connectivity index (χ1n) is 6.32. The summed E-state index contributed by atoms with van der Waals surface area (Å²) < 4.78 is 5.91. The summed E-state index contributed by atoms with van der Waals surface area (Å²) in [5.41, 5.74) is 7.54. The number of pyridine rings is 1. The molecule has 21 heavy (non-hydrogen) atoms. The molecule has 2 N–H and O–H groups in total. The Balaban J connectivity index is 2.10. The predicted octanol–water partition coefficient (Wildman–Crippen LogP) is 5.22. The number of rotatable bonds is 2. The molecule has 5 heteroatoms. The lowest BCUT2D eigenvalue weighted by atomic mass is 10.1. The molecule has 106 valence electrons. The van der Waals surface area contributed by atoms with Crippen molar-refractivity contribution < 1.29 is 4.74 Å². The zero-order valence-corrected chi connectivity index (χ0v) is 12.7. The maximum absolute atomic E-state index is 6.01. The van der Waals surface area contributed by atoms with Gasteiger partial charge < -0.3 is 10.5 Å². The summed E-state index contributed by atoms with van der Waals surface area (Å²) in [7, 11) is 0. The van der Waals surface area contributed by atoms with Gasteiger partial charge >= 0.3 is 0 Å².